The number of benzene rings is 1. The highest BCUT2D eigenvalue weighted by atomic mass is 32.1. The lowest BCUT2D eigenvalue weighted by molar-refractivity contribution is -0.117. The number of fused-ring (bicyclic) bond motifs is 1. The lowest BCUT2D eigenvalue weighted by Crippen LogP contribution is -2.30. The minimum absolute atomic E-state index is 0.0287. The maximum Gasteiger partial charge on any atom is 0.296 e. The van der Waals surface area contributed by atoms with E-state index in [1.807, 2.05) is 6.07 Å². The van der Waals surface area contributed by atoms with E-state index >= 15 is 0 Å². The summed E-state index contributed by atoms with van der Waals surface area (Å²) in [5.74, 6) is 0.191. The Kier molecular flexibility index (Phi) is 4.63. The number of hydrogen-bond donors (Lipinski definition) is 1. The van der Waals surface area contributed by atoms with Crippen molar-refractivity contribution < 1.29 is 28.3 Å². The smallest absolute Gasteiger partial charge is 0.296 e. The van der Waals surface area contributed by atoms with Crippen LogP contribution in [0.3, 0.4) is 0 Å². The molecule has 32 heavy (non-hydrogen) atoms. The number of Topliss-reactive ketones (excluding diaryl/α,β-unsaturated/α-hetero) is 1. The fourth-order valence-corrected chi connectivity index (χ4v) is 4.74. The lowest BCUT2D eigenvalue weighted by atomic mass is 10.00. The summed E-state index contributed by atoms with van der Waals surface area (Å²) in [5, 5.41) is 11.1. The highest BCUT2D eigenvalue weighted by Crippen LogP contribution is 2.45. The number of hydrogen-bond acceptors (Lipinski definition) is 8. The number of aryl methyl sites for hydroxylation is 2. The Morgan fingerprint density at radius 1 is 1.12 bits per heavy atom. The number of ketones is 1. The Hall–Kier alpha value is -3.85. The molecular weight excluding hydrogens is 432 g/mol. The van der Waals surface area contributed by atoms with Crippen LogP contribution in [-0.2, 0) is 4.79 Å². The number of nitrogens with zero attached hydrogens (tertiary/aromatic N) is 2. The van der Waals surface area contributed by atoms with E-state index in [0.717, 1.165) is 4.70 Å². The third-order valence-corrected chi connectivity index (χ3v) is 6.26. The molecule has 1 amide bonds. The van der Waals surface area contributed by atoms with Crippen molar-refractivity contribution in [1.29, 1.82) is 0 Å². The van der Waals surface area contributed by atoms with Crippen LogP contribution in [0.25, 0.3) is 10.2 Å². The van der Waals surface area contributed by atoms with Crippen molar-refractivity contribution in [2.24, 2.45) is 0 Å². The minimum Gasteiger partial charge on any atom is -0.503 e. The maximum absolute atomic E-state index is 13.3. The SMILES string of the molecule is COc1ccc2nc(N3C(=O)C(O)=C(C(=O)c4ccc(C)o4)C3c3ccc(C)o3)sc2c1. The Balaban J connectivity index is 1.66. The van der Waals surface area contributed by atoms with Crippen LogP contribution in [-0.4, -0.2) is 28.9 Å². The van der Waals surface area contributed by atoms with E-state index < -0.39 is 23.5 Å². The Morgan fingerprint density at radius 2 is 1.88 bits per heavy atom. The third kappa shape index (κ3) is 3.09. The zero-order chi connectivity index (χ0) is 22.6. The number of thiazole rings is 1. The quantitative estimate of drug-likeness (QED) is 0.432. The third-order valence-electron chi connectivity index (χ3n) is 5.24. The summed E-state index contributed by atoms with van der Waals surface area (Å²) in [4.78, 5) is 32.3. The number of carbonyl (C=O) groups is 2. The first-order valence-corrected chi connectivity index (χ1v) is 10.6. The fraction of sp³-hybridized carbons (Fsp3) is 0.174. The van der Waals surface area contributed by atoms with E-state index in [-0.39, 0.29) is 11.3 Å². The first-order valence-electron chi connectivity index (χ1n) is 9.76. The summed E-state index contributed by atoms with van der Waals surface area (Å²) < 4.78 is 17.3. The van der Waals surface area contributed by atoms with Crippen LogP contribution in [0.2, 0.25) is 0 Å². The first-order chi connectivity index (χ1) is 15.4. The minimum atomic E-state index is -0.989. The standard InChI is InChI=1S/C23H18N2O6S/c1-11-4-8-15(30-11)19-18(20(26)16-9-5-12(2)31-16)21(27)22(28)25(19)23-24-14-7-6-13(29-3)10-17(14)32-23/h4-10,19,27H,1-3H3. The van der Waals surface area contributed by atoms with Gasteiger partial charge in [-0.05, 0) is 56.3 Å². The summed E-state index contributed by atoms with van der Waals surface area (Å²) in [6.07, 6.45) is 0. The van der Waals surface area contributed by atoms with Crippen LogP contribution in [0.15, 0.2) is 62.6 Å². The second-order valence-corrected chi connectivity index (χ2v) is 8.37. The predicted molar refractivity (Wildman–Crippen MR) is 117 cm³/mol. The molecule has 1 aliphatic rings. The number of furan rings is 2. The average molecular weight is 450 g/mol. The van der Waals surface area contributed by atoms with Gasteiger partial charge >= 0.3 is 0 Å². The maximum atomic E-state index is 13.3. The van der Waals surface area contributed by atoms with Crippen molar-refractivity contribution in [2.75, 3.05) is 12.0 Å². The molecule has 0 bridgehead atoms. The fourth-order valence-electron chi connectivity index (χ4n) is 3.72. The molecule has 1 N–H and O–H groups in total. The normalized spacial score (nSPS) is 16.4. The number of amides is 1. The van der Waals surface area contributed by atoms with Gasteiger partial charge in [-0.2, -0.15) is 0 Å². The van der Waals surface area contributed by atoms with E-state index in [1.165, 1.54) is 22.3 Å². The van der Waals surface area contributed by atoms with Crippen LogP contribution < -0.4 is 9.64 Å². The molecule has 162 valence electrons. The monoisotopic (exact) mass is 450 g/mol. The van der Waals surface area contributed by atoms with E-state index in [1.54, 1.807) is 51.3 Å². The summed E-state index contributed by atoms with van der Waals surface area (Å²) in [6.45, 7) is 3.47. The number of aromatic nitrogens is 1. The van der Waals surface area contributed by atoms with E-state index in [9.17, 15) is 14.7 Å². The molecule has 1 aromatic carbocycles. The van der Waals surface area contributed by atoms with E-state index in [4.69, 9.17) is 13.6 Å². The van der Waals surface area contributed by atoms with Gasteiger partial charge in [0.25, 0.3) is 5.91 Å². The summed E-state index contributed by atoms with van der Waals surface area (Å²) in [5.41, 5.74) is 0.546. The zero-order valence-corrected chi connectivity index (χ0v) is 18.2. The van der Waals surface area contributed by atoms with Gasteiger partial charge in [0.15, 0.2) is 16.7 Å². The van der Waals surface area contributed by atoms with Gasteiger partial charge in [-0.1, -0.05) is 11.3 Å². The topological polar surface area (TPSA) is 106 Å². The van der Waals surface area contributed by atoms with Gasteiger partial charge in [0.2, 0.25) is 5.78 Å². The number of aliphatic hydroxyl groups is 1. The van der Waals surface area contributed by atoms with Crippen molar-refractivity contribution in [1.82, 2.24) is 4.98 Å². The van der Waals surface area contributed by atoms with Crippen LogP contribution in [0.5, 0.6) is 5.75 Å². The number of rotatable bonds is 5. The van der Waals surface area contributed by atoms with Gasteiger partial charge in [-0.3, -0.25) is 14.5 Å². The van der Waals surface area contributed by atoms with Gasteiger partial charge in [0.1, 0.15) is 29.1 Å². The number of anilines is 1. The van der Waals surface area contributed by atoms with Gasteiger partial charge in [0.05, 0.1) is 22.9 Å². The van der Waals surface area contributed by atoms with Gasteiger partial charge < -0.3 is 18.7 Å². The molecule has 0 saturated carbocycles. The molecule has 0 spiro atoms. The molecule has 0 aliphatic carbocycles. The molecule has 9 heteroatoms. The largest absolute Gasteiger partial charge is 0.503 e. The van der Waals surface area contributed by atoms with E-state index in [2.05, 4.69) is 4.98 Å². The molecule has 0 radical (unpaired) electrons. The van der Waals surface area contributed by atoms with E-state index in [0.29, 0.717) is 33.7 Å². The Morgan fingerprint density at radius 3 is 2.53 bits per heavy atom. The van der Waals surface area contributed by atoms with Crippen molar-refractivity contribution in [3.63, 3.8) is 0 Å². The van der Waals surface area contributed by atoms with Gasteiger partial charge in [-0.15, -0.1) is 0 Å². The second-order valence-electron chi connectivity index (χ2n) is 7.36. The summed E-state index contributed by atoms with van der Waals surface area (Å²) >= 11 is 1.25. The van der Waals surface area contributed by atoms with Crippen LogP contribution in [0.4, 0.5) is 5.13 Å². The molecule has 0 fully saturated rings. The van der Waals surface area contributed by atoms with Crippen molar-refractivity contribution >= 4 is 38.4 Å². The van der Waals surface area contributed by atoms with Crippen molar-refractivity contribution in [2.45, 2.75) is 19.9 Å². The zero-order valence-electron chi connectivity index (χ0n) is 17.4. The molecule has 5 rings (SSSR count). The highest BCUT2D eigenvalue weighted by molar-refractivity contribution is 7.22. The number of ether oxygens (including phenoxy) is 1. The van der Waals surface area contributed by atoms with Crippen molar-refractivity contribution in [3.05, 3.63) is 76.8 Å². The Bertz CT molecular complexity index is 1410. The van der Waals surface area contributed by atoms with Crippen LogP contribution >= 0.6 is 11.3 Å². The lowest BCUT2D eigenvalue weighted by Gasteiger charge is -2.21. The molecule has 3 aromatic heterocycles. The molecular formula is C23H18N2O6S. The molecule has 8 nitrogen and oxygen atoms in total. The molecule has 1 aliphatic heterocycles. The second kappa shape index (κ2) is 7.38. The summed E-state index contributed by atoms with van der Waals surface area (Å²) in [7, 11) is 1.57. The predicted octanol–water partition coefficient (Wildman–Crippen LogP) is 4.89. The van der Waals surface area contributed by atoms with Crippen LogP contribution in [0, 0.1) is 13.8 Å². The number of carbonyl (C=O) groups excluding carboxylic acids is 2. The Labute approximate surface area is 186 Å². The molecule has 4 heterocycles. The van der Waals surface area contributed by atoms with Gasteiger partial charge in [-0.25, -0.2) is 4.98 Å². The summed E-state index contributed by atoms with van der Waals surface area (Å²) in [6, 6.07) is 10.9. The molecule has 1 atom stereocenters. The molecule has 0 saturated heterocycles. The molecule has 4 aromatic rings. The molecule has 1 unspecified atom stereocenters. The van der Waals surface area contributed by atoms with Crippen LogP contribution in [0.1, 0.15) is 33.9 Å². The highest BCUT2D eigenvalue weighted by Gasteiger charge is 2.48. The van der Waals surface area contributed by atoms with Crippen molar-refractivity contribution in [3.8, 4) is 5.75 Å². The first kappa shape index (κ1) is 20.1. The number of methoxy groups -OCH3 is 1. The average Bonchev–Trinajstić information content (AvgIpc) is 3.54. The number of aliphatic hydroxyl groups excluding tert-OH is 1. The van der Waals surface area contributed by atoms with Gasteiger partial charge in [0, 0.05) is 0 Å².